The van der Waals surface area contributed by atoms with Gasteiger partial charge in [-0.2, -0.15) is 0 Å². The zero-order valence-electron chi connectivity index (χ0n) is 16.7. The van der Waals surface area contributed by atoms with Crippen molar-refractivity contribution in [2.24, 2.45) is 0 Å². The first-order valence-electron chi connectivity index (χ1n) is 9.58. The SMILES string of the molecule is CC(=O)N1CCC(CC(=O)NC(C)(C)C)(N2Cc3ccccc3C2=O)CC1. The highest BCUT2D eigenvalue weighted by Crippen LogP contribution is 2.38. The minimum Gasteiger partial charge on any atom is -0.351 e. The van der Waals surface area contributed by atoms with Gasteiger partial charge in [0.1, 0.15) is 0 Å². The van der Waals surface area contributed by atoms with Gasteiger partial charge in [-0.1, -0.05) is 18.2 Å². The zero-order valence-corrected chi connectivity index (χ0v) is 16.7. The van der Waals surface area contributed by atoms with Crippen LogP contribution in [0.5, 0.6) is 0 Å². The van der Waals surface area contributed by atoms with Crippen molar-refractivity contribution >= 4 is 17.7 Å². The standard InChI is InChI=1S/C21H29N3O3/c1-15(25)23-11-9-21(10-12-23,13-18(26)22-20(2,3)4)24-14-16-7-5-6-8-17(16)19(24)27/h5-8H,9-14H2,1-4H3,(H,22,26). The van der Waals surface area contributed by atoms with E-state index in [0.29, 0.717) is 32.5 Å². The number of nitrogens with zero attached hydrogens (tertiary/aromatic N) is 2. The Hall–Kier alpha value is -2.37. The predicted octanol–water partition coefficient (Wildman–Crippen LogP) is 2.33. The number of benzene rings is 1. The maximum atomic E-state index is 13.1. The van der Waals surface area contributed by atoms with Crippen LogP contribution in [0.3, 0.4) is 0 Å². The Morgan fingerprint density at radius 1 is 1.15 bits per heavy atom. The van der Waals surface area contributed by atoms with E-state index in [2.05, 4.69) is 5.32 Å². The summed E-state index contributed by atoms with van der Waals surface area (Å²) in [6.07, 6.45) is 1.49. The van der Waals surface area contributed by atoms with Crippen LogP contribution in [0.25, 0.3) is 0 Å². The molecule has 27 heavy (non-hydrogen) atoms. The second-order valence-electron chi connectivity index (χ2n) is 8.75. The molecule has 0 unspecified atom stereocenters. The molecule has 2 aliphatic rings. The Morgan fingerprint density at radius 3 is 2.33 bits per heavy atom. The highest BCUT2D eigenvalue weighted by molar-refractivity contribution is 5.99. The Kier molecular flexibility index (Phi) is 5.02. The molecule has 3 rings (SSSR count). The quantitative estimate of drug-likeness (QED) is 0.887. The molecule has 0 bridgehead atoms. The smallest absolute Gasteiger partial charge is 0.254 e. The first-order valence-corrected chi connectivity index (χ1v) is 9.58. The summed E-state index contributed by atoms with van der Waals surface area (Å²) >= 11 is 0. The lowest BCUT2D eigenvalue weighted by Crippen LogP contribution is -2.58. The molecule has 1 aromatic carbocycles. The lowest BCUT2D eigenvalue weighted by Gasteiger charge is -2.47. The summed E-state index contributed by atoms with van der Waals surface area (Å²) in [5.41, 5.74) is 0.850. The van der Waals surface area contributed by atoms with Crippen molar-refractivity contribution in [2.45, 2.75) is 64.6 Å². The van der Waals surface area contributed by atoms with Gasteiger partial charge in [-0.05, 0) is 45.2 Å². The highest BCUT2D eigenvalue weighted by atomic mass is 16.2. The highest BCUT2D eigenvalue weighted by Gasteiger charge is 2.47. The third-order valence-corrected chi connectivity index (χ3v) is 5.54. The topological polar surface area (TPSA) is 69.7 Å². The molecule has 3 amide bonds. The summed E-state index contributed by atoms with van der Waals surface area (Å²) in [6, 6.07) is 7.64. The van der Waals surface area contributed by atoms with Gasteiger partial charge < -0.3 is 15.1 Å². The van der Waals surface area contributed by atoms with E-state index in [1.165, 1.54) is 0 Å². The molecule has 2 heterocycles. The van der Waals surface area contributed by atoms with Gasteiger partial charge in [0.25, 0.3) is 5.91 Å². The van der Waals surface area contributed by atoms with Crippen molar-refractivity contribution in [3.63, 3.8) is 0 Å². The van der Waals surface area contributed by atoms with Crippen LogP contribution in [-0.2, 0) is 16.1 Å². The average Bonchev–Trinajstić information content (AvgIpc) is 2.91. The van der Waals surface area contributed by atoms with Gasteiger partial charge in [0, 0.05) is 37.7 Å². The van der Waals surface area contributed by atoms with E-state index in [1.807, 2.05) is 49.9 Å². The number of likely N-dealkylation sites (tertiary alicyclic amines) is 1. The van der Waals surface area contributed by atoms with Crippen molar-refractivity contribution in [1.82, 2.24) is 15.1 Å². The maximum Gasteiger partial charge on any atom is 0.254 e. The molecule has 0 aliphatic carbocycles. The van der Waals surface area contributed by atoms with E-state index < -0.39 is 5.54 Å². The minimum absolute atomic E-state index is 0.00886. The van der Waals surface area contributed by atoms with Crippen molar-refractivity contribution in [1.29, 1.82) is 0 Å². The van der Waals surface area contributed by atoms with Crippen molar-refractivity contribution in [3.8, 4) is 0 Å². The molecule has 0 spiro atoms. The van der Waals surface area contributed by atoms with Crippen LogP contribution in [0.4, 0.5) is 0 Å². The molecule has 0 atom stereocenters. The third kappa shape index (κ3) is 3.99. The first-order chi connectivity index (χ1) is 12.6. The first kappa shape index (κ1) is 19.4. The molecule has 2 aliphatic heterocycles. The van der Waals surface area contributed by atoms with E-state index >= 15 is 0 Å². The summed E-state index contributed by atoms with van der Waals surface area (Å²) in [5.74, 6) is -0.0215. The summed E-state index contributed by atoms with van der Waals surface area (Å²) in [4.78, 5) is 41.3. The second-order valence-corrected chi connectivity index (χ2v) is 8.75. The fraction of sp³-hybridized carbons (Fsp3) is 0.571. The monoisotopic (exact) mass is 371 g/mol. The minimum atomic E-state index is -0.558. The molecule has 0 saturated carbocycles. The van der Waals surface area contributed by atoms with Gasteiger partial charge in [-0.15, -0.1) is 0 Å². The molecule has 146 valence electrons. The summed E-state index contributed by atoms with van der Waals surface area (Å²) in [7, 11) is 0. The normalized spacial score (nSPS) is 19.0. The molecule has 6 heteroatoms. The number of hydrogen-bond acceptors (Lipinski definition) is 3. The number of carbonyl (C=O) groups excluding carboxylic acids is 3. The van der Waals surface area contributed by atoms with Crippen molar-refractivity contribution < 1.29 is 14.4 Å². The van der Waals surface area contributed by atoms with E-state index in [4.69, 9.17) is 0 Å². The third-order valence-electron chi connectivity index (χ3n) is 5.54. The van der Waals surface area contributed by atoms with Gasteiger partial charge >= 0.3 is 0 Å². The fourth-order valence-electron chi connectivity index (χ4n) is 4.18. The molecule has 0 aromatic heterocycles. The van der Waals surface area contributed by atoms with Gasteiger partial charge in [-0.25, -0.2) is 0 Å². The molecule has 1 N–H and O–H groups in total. The van der Waals surface area contributed by atoms with Crippen LogP contribution in [0.2, 0.25) is 0 Å². The van der Waals surface area contributed by atoms with Crippen LogP contribution in [0, 0.1) is 0 Å². The Morgan fingerprint density at radius 2 is 1.78 bits per heavy atom. The van der Waals surface area contributed by atoms with E-state index in [-0.39, 0.29) is 29.7 Å². The predicted molar refractivity (Wildman–Crippen MR) is 103 cm³/mol. The molecular formula is C21H29N3O3. The number of hydrogen-bond donors (Lipinski definition) is 1. The summed E-state index contributed by atoms with van der Waals surface area (Å²) in [5, 5.41) is 3.03. The van der Waals surface area contributed by atoms with Gasteiger partial charge in [0.15, 0.2) is 0 Å². The van der Waals surface area contributed by atoms with Crippen molar-refractivity contribution in [3.05, 3.63) is 35.4 Å². The van der Waals surface area contributed by atoms with E-state index in [0.717, 1.165) is 11.1 Å². The lowest BCUT2D eigenvalue weighted by atomic mass is 9.82. The van der Waals surface area contributed by atoms with Crippen molar-refractivity contribution in [2.75, 3.05) is 13.1 Å². The van der Waals surface area contributed by atoms with Crippen LogP contribution in [0.1, 0.15) is 62.9 Å². The van der Waals surface area contributed by atoms with Crippen LogP contribution in [0.15, 0.2) is 24.3 Å². The summed E-state index contributed by atoms with van der Waals surface area (Å²) < 4.78 is 0. The number of nitrogens with one attached hydrogen (secondary N) is 1. The van der Waals surface area contributed by atoms with Gasteiger partial charge in [0.05, 0.1) is 12.0 Å². The largest absolute Gasteiger partial charge is 0.351 e. The number of amides is 3. The molecule has 1 aromatic rings. The number of rotatable bonds is 3. The Labute approximate surface area is 160 Å². The molecule has 6 nitrogen and oxygen atoms in total. The molecule has 1 fully saturated rings. The van der Waals surface area contributed by atoms with E-state index in [1.54, 1.807) is 11.8 Å². The second kappa shape index (κ2) is 6.98. The van der Waals surface area contributed by atoms with Crippen LogP contribution < -0.4 is 5.32 Å². The number of piperidine rings is 1. The summed E-state index contributed by atoms with van der Waals surface area (Å²) in [6.45, 7) is 9.08. The fourth-order valence-corrected chi connectivity index (χ4v) is 4.18. The zero-order chi connectivity index (χ0) is 19.8. The number of fused-ring (bicyclic) bond motifs is 1. The van der Waals surface area contributed by atoms with E-state index in [9.17, 15) is 14.4 Å². The maximum absolute atomic E-state index is 13.1. The molecule has 1 saturated heterocycles. The molecular weight excluding hydrogens is 342 g/mol. The lowest BCUT2D eigenvalue weighted by molar-refractivity contribution is -0.132. The molecule has 0 radical (unpaired) electrons. The van der Waals surface area contributed by atoms with Gasteiger partial charge in [0.2, 0.25) is 11.8 Å². The van der Waals surface area contributed by atoms with Gasteiger partial charge in [-0.3, -0.25) is 14.4 Å². The Bertz CT molecular complexity index is 758. The Balaban J connectivity index is 1.86. The average molecular weight is 371 g/mol. The number of carbonyl (C=O) groups is 3. The van der Waals surface area contributed by atoms with Crippen LogP contribution >= 0.6 is 0 Å². The van der Waals surface area contributed by atoms with Crippen LogP contribution in [-0.4, -0.2) is 51.7 Å².